The molecule has 0 fully saturated rings. The third-order valence-corrected chi connectivity index (χ3v) is 5.92. The Hall–Kier alpha value is -3.75. The maximum absolute atomic E-state index is 15.0. The van der Waals surface area contributed by atoms with Gasteiger partial charge in [-0.1, -0.05) is 6.07 Å². The molecule has 1 aliphatic rings. The van der Waals surface area contributed by atoms with Gasteiger partial charge in [-0.25, -0.2) is 9.37 Å². The summed E-state index contributed by atoms with van der Waals surface area (Å²) in [6, 6.07) is 15.7. The Morgan fingerprint density at radius 2 is 2.00 bits per heavy atom. The van der Waals surface area contributed by atoms with E-state index in [0.29, 0.717) is 41.1 Å². The van der Waals surface area contributed by atoms with E-state index in [9.17, 15) is 14.3 Å². The van der Waals surface area contributed by atoms with Crippen LogP contribution in [0, 0.1) is 5.82 Å². The van der Waals surface area contributed by atoms with Gasteiger partial charge in [-0.05, 0) is 73.1 Å². The number of hydrogen-bond acceptors (Lipinski definition) is 5. The van der Waals surface area contributed by atoms with Gasteiger partial charge in [0.2, 0.25) is 5.91 Å². The number of halogens is 1. The van der Waals surface area contributed by atoms with Crippen molar-refractivity contribution in [2.75, 3.05) is 19.5 Å². The molecule has 0 aliphatic carbocycles. The monoisotopic (exact) mass is 446 g/mol. The second-order valence-corrected chi connectivity index (χ2v) is 7.95. The standard InChI is InChI=1S/C25H23FN4O3/c1-27-25(32)15-3-9-22-21(12-15)29-24(18-13-17(33-2)6-7-19(18)26)30(22)16-5-8-20-14(11-16)4-10-23(31)28-20/h3,5-9,11-13,25,27,32H,4,10H2,1-2H3,(H,28,31). The fourth-order valence-electron chi connectivity index (χ4n) is 4.19. The number of carbonyl (C=O) groups excluding carboxylic acids is 1. The van der Waals surface area contributed by atoms with E-state index in [1.54, 1.807) is 25.2 Å². The first kappa shape index (κ1) is 21.1. The smallest absolute Gasteiger partial charge is 0.224 e. The Balaban J connectivity index is 1.76. The zero-order chi connectivity index (χ0) is 23.1. The Bertz CT molecular complexity index is 1380. The van der Waals surface area contributed by atoms with Gasteiger partial charge in [-0.3, -0.25) is 14.7 Å². The fourth-order valence-corrected chi connectivity index (χ4v) is 4.19. The molecule has 1 aliphatic heterocycles. The van der Waals surface area contributed by atoms with E-state index in [-0.39, 0.29) is 5.91 Å². The van der Waals surface area contributed by atoms with E-state index < -0.39 is 12.0 Å². The van der Waals surface area contributed by atoms with Crippen LogP contribution in [0.2, 0.25) is 0 Å². The van der Waals surface area contributed by atoms with Crippen LogP contribution >= 0.6 is 0 Å². The molecule has 3 N–H and O–H groups in total. The van der Waals surface area contributed by atoms with Gasteiger partial charge in [0, 0.05) is 17.8 Å². The first-order chi connectivity index (χ1) is 16.0. The van der Waals surface area contributed by atoms with E-state index in [2.05, 4.69) is 10.6 Å². The van der Waals surface area contributed by atoms with Crippen molar-refractivity contribution in [1.29, 1.82) is 0 Å². The van der Waals surface area contributed by atoms with Gasteiger partial charge in [-0.2, -0.15) is 0 Å². The summed E-state index contributed by atoms with van der Waals surface area (Å²) in [4.78, 5) is 16.5. The van der Waals surface area contributed by atoms with E-state index in [1.165, 1.54) is 13.2 Å². The number of aromatic nitrogens is 2. The number of nitrogens with one attached hydrogen (secondary N) is 2. The second-order valence-electron chi connectivity index (χ2n) is 7.95. The molecule has 0 saturated heterocycles. The van der Waals surface area contributed by atoms with E-state index >= 15 is 0 Å². The molecule has 2 heterocycles. The average Bonchev–Trinajstić information content (AvgIpc) is 3.22. The van der Waals surface area contributed by atoms with Crippen LogP contribution in [0.5, 0.6) is 5.75 Å². The molecular weight excluding hydrogens is 423 g/mol. The van der Waals surface area contributed by atoms with Crippen molar-refractivity contribution in [2.45, 2.75) is 19.1 Å². The molecule has 4 aromatic rings. The van der Waals surface area contributed by atoms with Crippen LogP contribution in [0.15, 0.2) is 54.6 Å². The number of nitrogens with zero attached hydrogens (tertiary/aromatic N) is 2. The molecule has 5 rings (SSSR count). The number of hydrogen-bond donors (Lipinski definition) is 3. The minimum Gasteiger partial charge on any atom is -0.497 e. The van der Waals surface area contributed by atoms with E-state index in [4.69, 9.17) is 9.72 Å². The summed E-state index contributed by atoms with van der Waals surface area (Å²) in [5.74, 6) is 0.507. The zero-order valence-corrected chi connectivity index (χ0v) is 18.2. The highest BCUT2D eigenvalue weighted by molar-refractivity contribution is 5.94. The molecule has 8 heteroatoms. The predicted molar refractivity (Wildman–Crippen MR) is 124 cm³/mol. The van der Waals surface area contributed by atoms with Gasteiger partial charge in [0.25, 0.3) is 0 Å². The number of ether oxygens (including phenoxy) is 1. The van der Waals surface area contributed by atoms with Crippen molar-refractivity contribution in [1.82, 2.24) is 14.9 Å². The van der Waals surface area contributed by atoms with Crippen LogP contribution in [0.4, 0.5) is 10.1 Å². The lowest BCUT2D eigenvalue weighted by Gasteiger charge is -2.19. The highest BCUT2D eigenvalue weighted by Gasteiger charge is 2.21. The number of benzene rings is 3. The number of aliphatic hydroxyl groups is 1. The van der Waals surface area contributed by atoms with Gasteiger partial charge >= 0.3 is 0 Å². The Labute approximate surface area is 189 Å². The lowest BCUT2D eigenvalue weighted by Crippen LogP contribution is -2.19. The van der Waals surface area contributed by atoms with Crippen molar-refractivity contribution in [2.24, 2.45) is 0 Å². The lowest BCUT2D eigenvalue weighted by atomic mass is 10.0. The zero-order valence-electron chi connectivity index (χ0n) is 18.2. The van der Waals surface area contributed by atoms with Crippen LogP contribution in [0.25, 0.3) is 28.1 Å². The van der Waals surface area contributed by atoms with Crippen LogP contribution in [0.3, 0.4) is 0 Å². The van der Waals surface area contributed by atoms with Gasteiger partial charge < -0.3 is 15.2 Å². The van der Waals surface area contributed by atoms with E-state index in [0.717, 1.165) is 22.5 Å². The molecule has 0 radical (unpaired) electrons. The van der Waals surface area contributed by atoms with Crippen molar-refractivity contribution in [3.8, 4) is 22.8 Å². The number of aryl methyl sites for hydroxylation is 1. The van der Waals surface area contributed by atoms with Gasteiger partial charge in [-0.15, -0.1) is 0 Å². The number of carbonyl (C=O) groups is 1. The van der Waals surface area contributed by atoms with Crippen molar-refractivity contribution >= 4 is 22.6 Å². The SMILES string of the molecule is CNC(O)c1ccc2c(c1)nc(-c1cc(OC)ccc1F)n2-c1ccc2c(c1)CCC(=O)N2. The summed E-state index contributed by atoms with van der Waals surface area (Å²) >= 11 is 0. The molecule has 1 atom stereocenters. The molecule has 1 aromatic heterocycles. The van der Waals surface area contributed by atoms with Crippen LogP contribution in [0.1, 0.15) is 23.8 Å². The maximum atomic E-state index is 15.0. The number of methoxy groups -OCH3 is 1. The Morgan fingerprint density at radius 1 is 1.15 bits per heavy atom. The molecule has 7 nitrogen and oxygen atoms in total. The predicted octanol–water partition coefficient (Wildman–Crippen LogP) is 3.94. The lowest BCUT2D eigenvalue weighted by molar-refractivity contribution is -0.116. The first-order valence-corrected chi connectivity index (χ1v) is 10.6. The van der Waals surface area contributed by atoms with Crippen molar-refractivity contribution < 1.29 is 19.0 Å². The second kappa shape index (κ2) is 8.31. The van der Waals surface area contributed by atoms with Crippen molar-refractivity contribution in [3.63, 3.8) is 0 Å². The van der Waals surface area contributed by atoms with Gasteiger partial charge in [0.1, 0.15) is 23.6 Å². The highest BCUT2D eigenvalue weighted by Crippen LogP contribution is 2.35. The van der Waals surface area contributed by atoms with Crippen LogP contribution in [-0.4, -0.2) is 34.7 Å². The first-order valence-electron chi connectivity index (χ1n) is 10.6. The maximum Gasteiger partial charge on any atom is 0.224 e. The third-order valence-electron chi connectivity index (χ3n) is 5.92. The number of anilines is 1. The summed E-state index contributed by atoms with van der Waals surface area (Å²) in [6.45, 7) is 0. The normalized spacial score (nSPS) is 14.1. The Morgan fingerprint density at radius 3 is 2.79 bits per heavy atom. The molecule has 0 saturated carbocycles. The minimum absolute atomic E-state index is 0.00177. The molecule has 3 aromatic carbocycles. The number of fused-ring (bicyclic) bond motifs is 2. The minimum atomic E-state index is -0.844. The van der Waals surface area contributed by atoms with Gasteiger partial charge in [0.15, 0.2) is 0 Å². The fraction of sp³-hybridized carbons (Fsp3) is 0.200. The summed E-state index contributed by atoms with van der Waals surface area (Å²) in [6.07, 6.45) is 0.205. The number of rotatable bonds is 5. The summed E-state index contributed by atoms with van der Waals surface area (Å²) in [5.41, 5.74) is 4.92. The molecule has 168 valence electrons. The molecule has 33 heavy (non-hydrogen) atoms. The van der Waals surface area contributed by atoms with Crippen molar-refractivity contribution in [3.05, 3.63) is 71.5 Å². The molecular formula is C25H23FN4O3. The number of amides is 1. The number of imidazole rings is 1. The number of aliphatic hydroxyl groups excluding tert-OH is 1. The summed E-state index contributed by atoms with van der Waals surface area (Å²) < 4.78 is 22.2. The Kier molecular flexibility index (Phi) is 5.32. The summed E-state index contributed by atoms with van der Waals surface area (Å²) in [7, 11) is 3.19. The van der Waals surface area contributed by atoms with E-state index in [1.807, 2.05) is 34.9 Å². The highest BCUT2D eigenvalue weighted by atomic mass is 19.1. The molecule has 0 bridgehead atoms. The average molecular weight is 446 g/mol. The van der Waals surface area contributed by atoms with Gasteiger partial charge in [0.05, 0.1) is 23.7 Å². The van der Waals surface area contributed by atoms with Crippen LogP contribution in [-0.2, 0) is 11.2 Å². The topological polar surface area (TPSA) is 88.4 Å². The van der Waals surface area contributed by atoms with Crippen LogP contribution < -0.4 is 15.4 Å². The third kappa shape index (κ3) is 3.73. The largest absolute Gasteiger partial charge is 0.497 e. The quantitative estimate of drug-likeness (QED) is 0.404. The molecule has 0 spiro atoms. The molecule has 1 amide bonds. The molecule has 1 unspecified atom stereocenters. The summed E-state index contributed by atoms with van der Waals surface area (Å²) in [5, 5.41) is 15.9.